The van der Waals surface area contributed by atoms with Gasteiger partial charge in [0.1, 0.15) is 11.5 Å². The van der Waals surface area contributed by atoms with Gasteiger partial charge in [0.2, 0.25) is 0 Å². The van der Waals surface area contributed by atoms with Gasteiger partial charge in [-0.3, -0.25) is 9.59 Å². The zero-order chi connectivity index (χ0) is 47.7. The Morgan fingerprint density at radius 2 is 0.485 bits per heavy atom. The number of ether oxygens (including phenoxy) is 4. The molecule has 2 rings (SSSR count). The molecule has 2 aromatic carbocycles. The lowest BCUT2D eigenvalue weighted by Gasteiger charge is -2.11. The van der Waals surface area contributed by atoms with E-state index >= 15 is 0 Å². The molecule has 2 aromatic rings. The van der Waals surface area contributed by atoms with Crippen LogP contribution < -0.4 is 9.47 Å². The highest BCUT2D eigenvalue weighted by atomic mass is 127. The summed E-state index contributed by atoms with van der Waals surface area (Å²) in [6.45, 7) is 2.49. The Morgan fingerprint density at radius 3 is 0.727 bits per heavy atom. The molecule has 0 aliphatic carbocycles. The maximum Gasteiger partial charge on any atom is 0.305 e. The smallest absolute Gasteiger partial charge is 0.305 e. The van der Waals surface area contributed by atoms with Crippen molar-refractivity contribution in [3.8, 4) is 11.5 Å². The molecule has 0 radical (unpaired) electrons. The normalized spacial score (nSPS) is 11.3. The van der Waals surface area contributed by atoms with E-state index in [9.17, 15) is 9.59 Å². The molecule has 0 heterocycles. The maximum atomic E-state index is 12.1. The Labute approximate surface area is 484 Å². The zero-order valence-electron chi connectivity index (χ0n) is 40.3. The topological polar surface area (TPSA) is 71.1 Å². The largest absolute Gasteiger partial charge is 0.491 e. The van der Waals surface area contributed by atoms with E-state index in [0.717, 1.165) is 76.1 Å². The summed E-state index contributed by atoms with van der Waals surface area (Å²) in [5.74, 6) is 1.92. The lowest BCUT2D eigenvalue weighted by atomic mass is 10.0. The van der Waals surface area contributed by atoms with Crippen LogP contribution in [-0.2, 0) is 19.1 Å². The van der Waals surface area contributed by atoms with Gasteiger partial charge >= 0.3 is 11.9 Å². The van der Waals surface area contributed by atoms with Crippen molar-refractivity contribution in [3.05, 3.63) is 45.7 Å². The summed E-state index contributed by atoms with van der Waals surface area (Å²) >= 11 is 14.2. The monoisotopic (exact) mass is 1590 g/mol. The van der Waals surface area contributed by atoms with E-state index in [1.807, 2.05) is 0 Å². The standard InChI is InChI=1S/C54H84I6O6/c55-45-41-47(57)53(48(58)42-45)65-39-31-27-23-19-15-11-7-3-1-5-9-13-17-21-25-29-35-51(61)63-37-33-34-38-64-52(62)36-30-26-22-18-14-10-6-2-4-8-12-16-20-24-28-32-40-66-54-49(59)43-46(56)44-50(54)60/h41-44H,1-40H2. The molecule has 0 aliphatic heterocycles. The predicted octanol–water partition coefficient (Wildman–Crippen LogP) is 19.9. The van der Waals surface area contributed by atoms with Gasteiger partial charge in [-0.2, -0.15) is 0 Å². The first-order valence-corrected chi connectivity index (χ1v) is 32.5. The van der Waals surface area contributed by atoms with Crippen LogP contribution in [0.3, 0.4) is 0 Å². The van der Waals surface area contributed by atoms with Crippen molar-refractivity contribution in [2.75, 3.05) is 26.4 Å². The maximum absolute atomic E-state index is 12.1. The van der Waals surface area contributed by atoms with E-state index < -0.39 is 0 Å². The molecule has 0 bridgehead atoms. The van der Waals surface area contributed by atoms with E-state index in [4.69, 9.17) is 18.9 Å². The molecule has 378 valence electrons. The van der Waals surface area contributed by atoms with E-state index in [1.165, 1.54) is 188 Å². The highest BCUT2D eigenvalue weighted by Gasteiger charge is 2.10. The van der Waals surface area contributed by atoms with Crippen LogP contribution in [0.5, 0.6) is 11.5 Å². The molecule has 66 heavy (non-hydrogen) atoms. The number of rotatable bonds is 45. The lowest BCUT2D eigenvalue weighted by Crippen LogP contribution is -2.08. The second kappa shape index (κ2) is 45.0. The fourth-order valence-electron chi connectivity index (χ4n) is 8.10. The average Bonchev–Trinajstić information content (AvgIpc) is 3.27. The number of hydrogen-bond donors (Lipinski definition) is 0. The number of esters is 2. The van der Waals surface area contributed by atoms with Gasteiger partial charge in [-0.05, 0) is 198 Å². The Morgan fingerprint density at radius 1 is 0.288 bits per heavy atom. The molecule has 0 N–H and O–H groups in total. The van der Waals surface area contributed by atoms with E-state index in [0.29, 0.717) is 26.1 Å². The fraction of sp³-hybridized carbons (Fsp3) is 0.741. The number of benzene rings is 2. The van der Waals surface area contributed by atoms with Crippen LogP contribution in [0.2, 0.25) is 0 Å². The summed E-state index contributed by atoms with van der Waals surface area (Å²) in [7, 11) is 0. The number of unbranched alkanes of at least 4 members (excludes halogenated alkanes) is 31. The Hall–Kier alpha value is 1.36. The van der Waals surface area contributed by atoms with Crippen molar-refractivity contribution in [2.24, 2.45) is 0 Å². The fourth-order valence-corrected chi connectivity index (χ4v) is 15.9. The molecule has 0 amide bonds. The molecule has 12 heteroatoms. The Balaban J connectivity index is 1.19. The minimum Gasteiger partial charge on any atom is -0.491 e. The van der Waals surface area contributed by atoms with Gasteiger partial charge in [-0.15, -0.1) is 0 Å². The summed E-state index contributed by atoms with van der Waals surface area (Å²) in [5, 5.41) is 0. The van der Waals surface area contributed by atoms with Crippen LogP contribution in [0.1, 0.15) is 231 Å². The van der Waals surface area contributed by atoms with Gasteiger partial charge in [0.15, 0.2) is 0 Å². The van der Waals surface area contributed by atoms with Gasteiger partial charge in [0.25, 0.3) is 0 Å². The number of carbonyl (C=O) groups excluding carboxylic acids is 2. The van der Waals surface area contributed by atoms with Crippen molar-refractivity contribution < 1.29 is 28.5 Å². The van der Waals surface area contributed by atoms with Crippen molar-refractivity contribution in [2.45, 2.75) is 231 Å². The first kappa shape index (κ1) is 63.5. The van der Waals surface area contributed by atoms with Crippen molar-refractivity contribution in [3.63, 3.8) is 0 Å². The molecule has 0 spiro atoms. The molecule has 0 aromatic heterocycles. The third kappa shape index (κ3) is 36.3. The molecule has 0 atom stereocenters. The highest BCUT2D eigenvalue weighted by Crippen LogP contribution is 2.31. The SMILES string of the molecule is O=C(CCCCCCCCCCCCCCCCCCOc1c(I)cc(I)cc1I)OCCCCOC(=O)CCCCCCCCCCCCCCCCCCOc1c(I)cc(I)cc1I. The van der Waals surface area contributed by atoms with Crippen molar-refractivity contribution in [1.29, 1.82) is 0 Å². The first-order chi connectivity index (χ1) is 32.2. The molecule has 0 saturated heterocycles. The molecule has 0 unspecified atom stereocenters. The van der Waals surface area contributed by atoms with E-state index in [1.54, 1.807) is 0 Å². The predicted molar refractivity (Wildman–Crippen MR) is 328 cm³/mol. The average molecular weight is 1590 g/mol. The summed E-state index contributed by atoms with van der Waals surface area (Å²) in [4.78, 5) is 24.2. The summed E-state index contributed by atoms with van der Waals surface area (Å²) in [6, 6.07) is 8.72. The quantitative estimate of drug-likeness (QED) is 0.0374. The number of halogens is 6. The van der Waals surface area contributed by atoms with Crippen LogP contribution in [-0.4, -0.2) is 38.4 Å². The first-order valence-electron chi connectivity index (χ1n) is 26.0. The number of hydrogen-bond acceptors (Lipinski definition) is 6. The zero-order valence-corrected chi connectivity index (χ0v) is 53.3. The minimum absolute atomic E-state index is 0.0888. The molecular formula is C54H84I6O6. The van der Waals surface area contributed by atoms with Crippen LogP contribution in [0.4, 0.5) is 0 Å². The summed E-state index contributed by atoms with van der Waals surface area (Å²) in [6.07, 6.45) is 43.5. The Kier molecular flexibility index (Phi) is 43.3. The van der Waals surface area contributed by atoms with Crippen LogP contribution in [0.25, 0.3) is 0 Å². The summed E-state index contributed by atoms with van der Waals surface area (Å²) in [5.41, 5.74) is 0. The van der Waals surface area contributed by atoms with Gasteiger partial charge in [-0.1, -0.05) is 180 Å². The molecule has 0 aliphatic rings. The molecule has 0 saturated carbocycles. The Bertz CT molecular complexity index is 1370. The number of carbonyl (C=O) groups is 2. The van der Waals surface area contributed by atoms with Crippen LogP contribution >= 0.6 is 136 Å². The second-order valence-corrected chi connectivity index (χ2v) is 25.2. The van der Waals surface area contributed by atoms with Gasteiger partial charge in [0.05, 0.1) is 40.7 Å². The van der Waals surface area contributed by atoms with Crippen molar-refractivity contribution in [1.82, 2.24) is 0 Å². The highest BCUT2D eigenvalue weighted by molar-refractivity contribution is 14.1. The molecule has 6 nitrogen and oxygen atoms in total. The molecular weight excluding hydrogens is 1510 g/mol. The third-order valence-electron chi connectivity index (χ3n) is 12.0. The van der Waals surface area contributed by atoms with Gasteiger partial charge in [0, 0.05) is 20.0 Å². The molecule has 0 fully saturated rings. The van der Waals surface area contributed by atoms with Gasteiger partial charge in [-0.25, -0.2) is 0 Å². The van der Waals surface area contributed by atoms with Crippen LogP contribution in [0, 0.1) is 21.4 Å². The second-order valence-electron chi connectivity index (χ2n) is 18.1. The van der Waals surface area contributed by atoms with Gasteiger partial charge < -0.3 is 18.9 Å². The third-order valence-corrected chi connectivity index (χ3v) is 16.5. The van der Waals surface area contributed by atoms with E-state index in [-0.39, 0.29) is 11.9 Å². The minimum atomic E-state index is -0.0888. The summed E-state index contributed by atoms with van der Waals surface area (Å²) < 4.78 is 30.3. The van der Waals surface area contributed by atoms with Crippen molar-refractivity contribution >= 4 is 147 Å². The van der Waals surface area contributed by atoms with E-state index in [2.05, 4.69) is 160 Å². The lowest BCUT2D eigenvalue weighted by molar-refractivity contribution is -0.146. The van der Waals surface area contributed by atoms with Crippen LogP contribution in [0.15, 0.2) is 24.3 Å².